The van der Waals surface area contributed by atoms with Crippen molar-refractivity contribution in [1.29, 1.82) is 0 Å². The van der Waals surface area contributed by atoms with Crippen molar-refractivity contribution >= 4 is 34.9 Å². The first-order chi connectivity index (χ1) is 14.2. The van der Waals surface area contributed by atoms with E-state index >= 15 is 0 Å². The Morgan fingerprint density at radius 1 is 1.17 bits per heavy atom. The second-order valence-electron chi connectivity index (χ2n) is 7.14. The van der Waals surface area contributed by atoms with Gasteiger partial charge in [0, 0.05) is 30.3 Å². The third kappa shape index (κ3) is 4.59. The van der Waals surface area contributed by atoms with E-state index in [4.69, 9.17) is 0 Å². The molecule has 0 spiro atoms. The van der Waals surface area contributed by atoms with Gasteiger partial charge in [0.1, 0.15) is 11.6 Å². The molecule has 5 nitrogen and oxygen atoms in total. The predicted molar refractivity (Wildman–Crippen MR) is 112 cm³/mol. The van der Waals surface area contributed by atoms with E-state index in [0.717, 1.165) is 22.7 Å². The molecule has 3 amide bonds. The Balaban J connectivity index is 1.82. The maximum absolute atomic E-state index is 13.9. The van der Waals surface area contributed by atoms with Crippen LogP contribution in [0.15, 0.2) is 47.4 Å². The van der Waals surface area contributed by atoms with Crippen LogP contribution in [0, 0.1) is 11.6 Å². The summed E-state index contributed by atoms with van der Waals surface area (Å²) in [5.74, 6) is -2.27. The van der Waals surface area contributed by atoms with Crippen LogP contribution in [0.25, 0.3) is 6.08 Å². The highest BCUT2D eigenvalue weighted by molar-refractivity contribution is 8.18. The first kappa shape index (κ1) is 21.7. The number of halogens is 2. The summed E-state index contributed by atoms with van der Waals surface area (Å²) in [7, 11) is 1.71. The van der Waals surface area contributed by atoms with Crippen LogP contribution in [-0.4, -0.2) is 39.9 Å². The number of carbonyl (C=O) groups is 3. The smallest absolute Gasteiger partial charge is 0.293 e. The van der Waals surface area contributed by atoms with Gasteiger partial charge in [0.2, 0.25) is 0 Å². The summed E-state index contributed by atoms with van der Waals surface area (Å²) < 4.78 is 27.0. The Morgan fingerprint density at radius 2 is 1.90 bits per heavy atom. The highest BCUT2D eigenvalue weighted by Crippen LogP contribution is 2.33. The molecular formula is C22H20F2N2O3S. The Kier molecular flexibility index (Phi) is 6.36. The summed E-state index contributed by atoms with van der Waals surface area (Å²) in [5.41, 5.74) is 1.10. The number of rotatable bonds is 5. The minimum Gasteiger partial charge on any atom is -0.339 e. The fourth-order valence-corrected chi connectivity index (χ4v) is 3.65. The lowest BCUT2D eigenvalue weighted by atomic mass is 10.1. The zero-order valence-corrected chi connectivity index (χ0v) is 17.5. The van der Waals surface area contributed by atoms with Crippen molar-refractivity contribution < 1.29 is 23.2 Å². The summed E-state index contributed by atoms with van der Waals surface area (Å²) >= 11 is 0.737. The number of benzene rings is 2. The van der Waals surface area contributed by atoms with E-state index in [2.05, 4.69) is 0 Å². The summed E-state index contributed by atoms with van der Waals surface area (Å²) in [4.78, 5) is 40.1. The Hall–Kier alpha value is -3.00. The molecule has 1 saturated heterocycles. The van der Waals surface area contributed by atoms with Crippen LogP contribution >= 0.6 is 11.8 Å². The van der Waals surface area contributed by atoms with Crippen molar-refractivity contribution in [2.24, 2.45) is 0 Å². The predicted octanol–water partition coefficient (Wildman–Crippen LogP) is 4.68. The summed E-state index contributed by atoms with van der Waals surface area (Å²) in [5, 5.41) is -0.540. The molecule has 0 aromatic heterocycles. The van der Waals surface area contributed by atoms with Gasteiger partial charge in [-0.1, -0.05) is 18.2 Å². The van der Waals surface area contributed by atoms with Gasteiger partial charge in [-0.05, 0) is 55.4 Å². The largest absolute Gasteiger partial charge is 0.339 e. The number of hydrogen-bond acceptors (Lipinski definition) is 4. The van der Waals surface area contributed by atoms with Crippen molar-refractivity contribution in [2.75, 3.05) is 7.05 Å². The normalized spacial score (nSPS) is 15.4. The van der Waals surface area contributed by atoms with E-state index in [1.165, 1.54) is 12.1 Å². The van der Waals surface area contributed by atoms with Gasteiger partial charge in [0.05, 0.1) is 11.4 Å². The molecule has 0 radical (unpaired) electrons. The second kappa shape index (κ2) is 8.79. The highest BCUT2D eigenvalue weighted by atomic mass is 32.2. The van der Waals surface area contributed by atoms with Gasteiger partial charge in [-0.15, -0.1) is 0 Å². The van der Waals surface area contributed by atoms with Crippen LogP contribution in [-0.2, 0) is 11.3 Å². The van der Waals surface area contributed by atoms with Gasteiger partial charge in [-0.3, -0.25) is 19.3 Å². The number of amides is 3. The summed E-state index contributed by atoms with van der Waals surface area (Å²) in [6, 6.07) is 9.77. The minimum absolute atomic E-state index is 0.0320. The van der Waals surface area contributed by atoms with Crippen molar-refractivity contribution in [2.45, 2.75) is 26.4 Å². The lowest BCUT2D eigenvalue weighted by molar-refractivity contribution is -0.123. The number of hydrogen-bond donors (Lipinski definition) is 0. The molecule has 0 bridgehead atoms. The molecule has 1 heterocycles. The first-order valence-corrected chi connectivity index (χ1v) is 10.1. The van der Waals surface area contributed by atoms with Crippen LogP contribution in [0.3, 0.4) is 0 Å². The molecule has 0 N–H and O–H groups in total. The SMILES string of the molecule is CC(C)N(C)C(=O)c1cccc(/C=C2\SC(=O)N(Cc3ccc(F)cc3F)C2=O)c1. The van der Waals surface area contributed by atoms with Gasteiger partial charge in [0.15, 0.2) is 0 Å². The average molecular weight is 430 g/mol. The summed E-state index contributed by atoms with van der Waals surface area (Å²) in [6.45, 7) is 3.52. The molecule has 3 rings (SSSR count). The molecule has 0 unspecified atom stereocenters. The fraction of sp³-hybridized carbons (Fsp3) is 0.227. The maximum Gasteiger partial charge on any atom is 0.293 e. The standard InChI is InChI=1S/C22H20F2N2O3S/c1-13(2)25(3)20(27)15-6-4-5-14(9-15)10-19-21(28)26(22(29)30-19)12-16-7-8-17(23)11-18(16)24/h4-11,13H,12H2,1-3H3/b19-10-. The fourth-order valence-electron chi connectivity index (χ4n) is 2.81. The number of carbonyl (C=O) groups excluding carboxylic acids is 3. The van der Waals surface area contributed by atoms with Crippen LogP contribution in [0.2, 0.25) is 0 Å². The molecule has 2 aromatic rings. The van der Waals surface area contributed by atoms with E-state index in [1.807, 2.05) is 13.8 Å². The first-order valence-electron chi connectivity index (χ1n) is 9.24. The summed E-state index contributed by atoms with van der Waals surface area (Å²) in [6.07, 6.45) is 1.53. The minimum atomic E-state index is -0.821. The molecular weight excluding hydrogens is 410 g/mol. The van der Waals surface area contributed by atoms with E-state index in [1.54, 1.807) is 36.2 Å². The molecule has 0 aliphatic carbocycles. The molecule has 1 fully saturated rings. The third-order valence-corrected chi connectivity index (χ3v) is 5.65. The average Bonchev–Trinajstić information content (AvgIpc) is 2.96. The van der Waals surface area contributed by atoms with Gasteiger partial charge >= 0.3 is 0 Å². The zero-order chi connectivity index (χ0) is 22.0. The van der Waals surface area contributed by atoms with Gasteiger partial charge < -0.3 is 4.90 Å². The molecule has 0 saturated carbocycles. The van der Waals surface area contributed by atoms with E-state index < -0.39 is 22.8 Å². The van der Waals surface area contributed by atoms with Gasteiger partial charge in [0.25, 0.3) is 17.1 Å². The van der Waals surface area contributed by atoms with Crippen molar-refractivity contribution in [3.05, 3.63) is 75.7 Å². The quantitative estimate of drug-likeness (QED) is 0.647. The van der Waals surface area contributed by atoms with Crippen LogP contribution in [0.5, 0.6) is 0 Å². The lowest BCUT2D eigenvalue weighted by Gasteiger charge is -2.21. The van der Waals surface area contributed by atoms with E-state index in [9.17, 15) is 23.2 Å². The number of imide groups is 1. The topological polar surface area (TPSA) is 57.7 Å². The van der Waals surface area contributed by atoms with Crippen LogP contribution < -0.4 is 0 Å². The van der Waals surface area contributed by atoms with E-state index in [-0.39, 0.29) is 29.0 Å². The van der Waals surface area contributed by atoms with Gasteiger partial charge in [-0.2, -0.15) is 0 Å². The van der Waals surface area contributed by atoms with Crippen molar-refractivity contribution in [3.8, 4) is 0 Å². The second-order valence-corrected chi connectivity index (χ2v) is 8.13. The van der Waals surface area contributed by atoms with Crippen molar-refractivity contribution in [1.82, 2.24) is 9.80 Å². The molecule has 8 heteroatoms. The van der Waals surface area contributed by atoms with E-state index in [0.29, 0.717) is 17.2 Å². The lowest BCUT2D eigenvalue weighted by Crippen LogP contribution is -2.32. The number of nitrogens with zero attached hydrogens (tertiary/aromatic N) is 2. The molecule has 2 aromatic carbocycles. The van der Waals surface area contributed by atoms with Gasteiger partial charge in [-0.25, -0.2) is 8.78 Å². The van der Waals surface area contributed by atoms with Crippen LogP contribution in [0.4, 0.5) is 13.6 Å². The molecule has 1 aliphatic rings. The molecule has 1 aliphatic heterocycles. The van der Waals surface area contributed by atoms with Crippen molar-refractivity contribution in [3.63, 3.8) is 0 Å². The molecule has 0 atom stereocenters. The maximum atomic E-state index is 13.9. The molecule has 156 valence electrons. The monoisotopic (exact) mass is 430 g/mol. The zero-order valence-electron chi connectivity index (χ0n) is 16.7. The Labute approximate surface area is 177 Å². The third-order valence-electron chi connectivity index (χ3n) is 4.74. The highest BCUT2D eigenvalue weighted by Gasteiger charge is 2.35. The van der Waals surface area contributed by atoms with Crippen LogP contribution in [0.1, 0.15) is 35.3 Å². The Morgan fingerprint density at radius 3 is 2.57 bits per heavy atom. The number of thioether (sulfide) groups is 1. The Bertz CT molecular complexity index is 1050. The molecule has 30 heavy (non-hydrogen) atoms.